The summed E-state index contributed by atoms with van der Waals surface area (Å²) in [7, 11) is 1.89. The Balaban J connectivity index is 2.49. The van der Waals surface area contributed by atoms with E-state index in [1.165, 1.54) is 0 Å². The first-order valence-corrected chi connectivity index (χ1v) is 7.04. The van der Waals surface area contributed by atoms with E-state index in [2.05, 4.69) is 5.10 Å². The van der Waals surface area contributed by atoms with E-state index >= 15 is 0 Å². The maximum absolute atomic E-state index is 11.4. The van der Waals surface area contributed by atoms with Crippen LogP contribution in [0.15, 0.2) is 0 Å². The fourth-order valence-electron chi connectivity index (χ4n) is 2.73. The molecule has 1 aromatic heterocycles. The summed E-state index contributed by atoms with van der Waals surface area (Å²) in [6.45, 7) is 6.13. The third-order valence-electron chi connectivity index (χ3n) is 3.94. The monoisotopic (exact) mass is 281 g/mol. The molecule has 0 aliphatic heterocycles. The van der Waals surface area contributed by atoms with Gasteiger partial charge in [-0.15, -0.1) is 0 Å². The summed E-state index contributed by atoms with van der Waals surface area (Å²) in [6, 6.07) is 0.208. The number of nitro groups is 1. The van der Waals surface area contributed by atoms with Crippen LogP contribution in [0.3, 0.4) is 0 Å². The molecule has 112 valence electrons. The van der Waals surface area contributed by atoms with Gasteiger partial charge in [0.2, 0.25) is 5.82 Å². The lowest BCUT2D eigenvalue weighted by atomic mass is 10.1. The van der Waals surface area contributed by atoms with Gasteiger partial charge in [0.15, 0.2) is 0 Å². The van der Waals surface area contributed by atoms with Gasteiger partial charge in [-0.2, -0.15) is 5.10 Å². The van der Waals surface area contributed by atoms with Gasteiger partial charge in [0.25, 0.3) is 0 Å². The topological polar surface area (TPSA) is 90.2 Å². The molecule has 1 unspecified atom stereocenters. The van der Waals surface area contributed by atoms with Crippen molar-refractivity contribution in [3.8, 4) is 0 Å². The van der Waals surface area contributed by atoms with Crippen LogP contribution in [0.5, 0.6) is 0 Å². The maximum Gasteiger partial charge on any atom is 0.333 e. The van der Waals surface area contributed by atoms with Crippen molar-refractivity contribution < 1.29 is 4.92 Å². The largest absolute Gasteiger partial charge is 0.350 e. The lowest BCUT2D eigenvalue weighted by molar-refractivity contribution is -0.384. The number of aromatic nitrogens is 2. The van der Waals surface area contributed by atoms with Crippen molar-refractivity contribution in [2.45, 2.75) is 45.7 Å². The molecule has 2 rings (SSSR count). The summed E-state index contributed by atoms with van der Waals surface area (Å²) in [5, 5.41) is 15.7. The number of likely N-dealkylation sites (N-methyl/N-ethyl adjacent to an activating group) is 1. The van der Waals surface area contributed by atoms with Crippen LogP contribution < -0.4 is 10.6 Å². The summed E-state index contributed by atoms with van der Waals surface area (Å²) in [5.74, 6) is 1.12. The van der Waals surface area contributed by atoms with Crippen molar-refractivity contribution in [2.75, 3.05) is 18.5 Å². The van der Waals surface area contributed by atoms with Crippen molar-refractivity contribution in [3.05, 3.63) is 15.8 Å². The van der Waals surface area contributed by atoms with Crippen LogP contribution in [0.4, 0.5) is 11.5 Å². The average Bonchev–Trinajstić information content (AvgIpc) is 3.11. The molecule has 0 spiro atoms. The van der Waals surface area contributed by atoms with Gasteiger partial charge in [-0.1, -0.05) is 0 Å². The fraction of sp³-hybridized carbons (Fsp3) is 0.769. The van der Waals surface area contributed by atoms with Gasteiger partial charge >= 0.3 is 5.69 Å². The first-order chi connectivity index (χ1) is 9.38. The number of aryl methyl sites for hydroxylation is 1. The highest BCUT2D eigenvalue weighted by atomic mass is 16.6. The van der Waals surface area contributed by atoms with Gasteiger partial charge in [-0.05, 0) is 39.5 Å². The molecule has 2 N–H and O–H groups in total. The molecule has 0 bridgehead atoms. The van der Waals surface area contributed by atoms with Crippen molar-refractivity contribution in [1.82, 2.24) is 9.78 Å². The minimum Gasteiger partial charge on any atom is -0.350 e. The van der Waals surface area contributed by atoms with E-state index in [1.807, 2.05) is 25.8 Å². The quantitative estimate of drug-likeness (QED) is 0.635. The molecule has 1 aliphatic rings. The Labute approximate surface area is 118 Å². The Kier molecular flexibility index (Phi) is 3.99. The number of nitrogens with zero attached hydrogens (tertiary/aromatic N) is 4. The standard InChI is InChI=1S/C13H23N5O2/c1-8(2)17-13(12(18(19)20)9(3)15-17)16(4)11(7-14)10-5-6-10/h8,10-11H,5-7,14H2,1-4H3. The average molecular weight is 281 g/mol. The molecule has 7 nitrogen and oxygen atoms in total. The van der Waals surface area contributed by atoms with Crippen LogP contribution >= 0.6 is 0 Å². The molecule has 1 saturated carbocycles. The van der Waals surface area contributed by atoms with Crippen molar-refractivity contribution in [1.29, 1.82) is 0 Å². The lowest BCUT2D eigenvalue weighted by Gasteiger charge is -2.29. The van der Waals surface area contributed by atoms with Gasteiger partial charge in [0.05, 0.1) is 4.92 Å². The van der Waals surface area contributed by atoms with Gasteiger partial charge in [-0.3, -0.25) is 10.1 Å². The zero-order valence-corrected chi connectivity index (χ0v) is 12.5. The predicted octanol–water partition coefficient (Wildman–Crippen LogP) is 1.85. The second-order valence-electron chi connectivity index (χ2n) is 5.80. The van der Waals surface area contributed by atoms with Gasteiger partial charge in [-0.25, -0.2) is 4.68 Å². The minimum absolute atomic E-state index is 0.0671. The first kappa shape index (κ1) is 14.8. The minimum atomic E-state index is -0.340. The number of anilines is 1. The van der Waals surface area contributed by atoms with Gasteiger partial charge in [0.1, 0.15) is 5.69 Å². The van der Waals surface area contributed by atoms with Gasteiger partial charge in [0, 0.05) is 25.7 Å². The van der Waals surface area contributed by atoms with Crippen molar-refractivity contribution in [2.24, 2.45) is 11.7 Å². The molecule has 0 amide bonds. The van der Waals surface area contributed by atoms with E-state index in [-0.39, 0.29) is 22.7 Å². The fourth-order valence-corrected chi connectivity index (χ4v) is 2.73. The Morgan fingerprint density at radius 1 is 1.55 bits per heavy atom. The molecule has 1 aromatic rings. The molecule has 0 aromatic carbocycles. The van der Waals surface area contributed by atoms with E-state index in [1.54, 1.807) is 11.6 Å². The molecular weight excluding hydrogens is 258 g/mol. The van der Waals surface area contributed by atoms with Crippen LogP contribution in [-0.2, 0) is 0 Å². The Morgan fingerprint density at radius 3 is 2.55 bits per heavy atom. The zero-order valence-electron chi connectivity index (χ0n) is 12.5. The van der Waals surface area contributed by atoms with Crippen LogP contribution in [0.25, 0.3) is 0 Å². The molecule has 0 radical (unpaired) electrons. The highest BCUT2D eigenvalue weighted by Gasteiger charge is 2.38. The molecule has 0 saturated heterocycles. The molecule has 7 heteroatoms. The van der Waals surface area contributed by atoms with Crippen molar-refractivity contribution >= 4 is 11.5 Å². The molecule has 20 heavy (non-hydrogen) atoms. The van der Waals surface area contributed by atoms with E-state index in [4.69, 9.17) is 5.73 Å². The third kappa shape index (κ3) is 2.49. The summed E-state index contributed by atoms with van der Waals surface area (Å²) >= 11 is 0. The van der Waals surface area contributed by atoms with Crippen LogP contribution in [0.1, 0.15) is 38.4 Å². The molecule has 1 atom stereocenters. The number of rotatable bonds is 6. The van der Waals surface area contributed by atoms with E-state index in [0.29, 0.717) is 24.0 Å². The Morgan fingerprint density at radius 2 is 2.15 bits per heavy atom. The highest BCUT2D eigenvalue weighted by molar-refractivity contribution is 5.62. The van der Waals surface area contributed by atoms with E-state index in [9.17, 15) is 10.1 Å². The van der Waals surface area contributed by atoms with E-state index in [0.717, 1.165) is 12.8 Å². The maximum atomic E-state index is 11.4. The molecular formula is C13H23N5O2. The number of nitrogens with two attached hydrogens (primary N) is 1. The first-order valence-electron chi connectivity index (χ1n) is 7.04. The smallest absolute Gasteiger partial charge is 0.333 e. The Bertz CT molecular complexity index is 507. The molecule has 1 aliphatic carbocycles. The second-order valence-corrected chi connectivity index (χ2v) is 5.80. The normalized spacial score (nSPS) is 16.5. The molecule has 1 heterocycles. The van der Waals surface area contributed by atoms with Crippen LogP contribution in [-0.4, -0.2) is 34.3 Å². The summed E-state index contributed by atoms with van der Waals surface area (Å²) in [6.07, 6.45) is 2.30. The lowest BCUT2D eigenvalue weighted by Crippen LogP contribution is -2.41. The third-order valence-corrected chi connectivity index (χ3v) is 3.94. The molecule has 1 fully saturated rings. The van der Waals surface area contributed by atoms with Crippen molar-refractivity contribution in [3.63, 3.8) is 0 Å². The highest BCUT2D eigenvalue weighted by Crippen LogP contribution is 2.40. The van der Waals surface area contributed by atoms with Crippen LogP contribution in [0.2, 0.25) is 0 Å². The van der Waals surface area contributed by atoms with E-state index < -0.39 is 0 Å². The summed E-state index contributed by atoms with van der Waals surface area (Å²) in [4.78, 5) is 13.0. The second kappa shape index (κ2) is 5.40. The zero-order chi connectivity index (χ0) is 15.0. The number of hydrogen-bond donors (Lipinski definition) is 1. The predicted molar refractivity (Wildman–Crippen MR) is 78.0 cm³/mol. The Hall–Kier alpha value is -1.63. The van der Waals surface area contributed by atoms with Crippen LogP contribution in [0, 0.1) is 23.0 Å². The summed E-state index contributed by atoms with van der Waals surface area (Å²) < 4.78 is 1.73. The van der Waals surface area contributed by atoms with Gasteiger partial charge < -0.3 is 10.6 Å². The SMILES string of the molecule is Cc1nn(C(C)C)c(N(C)C(CN)C2CC2)c1[N+](=O)[O-]. The summed E-state index contributed by atoms with van der Waals surface area (Å²) in [5.41, 5.74) is 6.42. The number of hydrogen-bond acceptors (Lipinski definition) is 5.